The van der Waals surface area contributed by atoms with Crippen LogP contribution >= 0.6 is 0 Å². The Hall–Kier alpha value is -1.47. The molecule has 0 bridgehead atoms. The van der Waals surface area contributed by atoms with Crippen LogP contribution in [0.1, 0.15) is 49.9 Å². The van der Waals surface area contributed by atoms with Crippen molar-refractivity contribution in [2.45, 2.75) is 50.7 Å². The molecule has 0 amide bonds. The minimum atomic E-state index is -4.39. The molecular formula is C19H26F3N3O. The molecule has 7 heteroatoms. The maximum Gasteiger partial charge on any atom is 0.418 e. The average Bonchev–Trinajstić information content (AvgIpc) is 2.59. The van der Waals surface area contributed by atoms with Crippen molar-refractivity contribution in [3.8, 4) is 0 Å². The van der Waals surface area contributed by atoms with Crippen molar-refractivity contribution in [3.63, 3.8) is 0 Å². The number of alkyl halides is 3. The quantitative estimate of drug-likeness (QED) is 0.799. The van der Waals surface area contributed by atoms with Crippen LogP contribution in [0.25, 0.3) is 5.57 Å². The van der Waals surface area contributed by atoms with Crippen molar-refractivity contribution < 1.29 is 17.9 Å². The van der Waals surface area contributed by atoms with Gasteiger partial charge in [0.25, 0.3) is 0 Å². The zero-order chi connectivity index (χ0) is 18.7. The van der Waals surface area contributed by atoms with Crippen LogP contribution in [0.5, 0.6) is 0 Å². The number of halogens is 3. The molecular weight excluding hydrogens is 343 g/mol. The van der Waals surface area contributed by atoms with Gasteiger partial charge in [0.05, 0.1) is 23.6 Å². The fraction of sp³-hybridized carbons (Fsp3) is 0.684. The molecule has 1 N–H and O–H groups in total. The first kappa shape index (κ1) is 19.3. The Morgan fingerprint density at radius 2 is 1.96 bits per heavy atom. The van der Waals surface area contributed by atoms with E-state index in [0.29, 0.717) is 36.6 Å². The van der Waals surface area contributed by atoms with Crippen molar-refractivity contribution in [1.29, 1.82) is 0 Å². The lowest BCUT2D eigenvalue weighted by molar-refractivity contribution is -0.0697. The minimum absolute atomic E-state index is 0.000671. The van der Waals surface area contributed by atoms with Crippen molar-refractivity contribution in [2.24, 2.45) is 11.8 Å². The highest BCUT2D eigenvalue weighted by Crippen LogP contribution is 2.47. The van der Waals surface area contributed by atoms with Crippen LogP contribution in [0.4, 0.5) is 13.2 Å². The zero-order valence-corrected chi connectivity index (χ0v) is 15.2. The molecule has 2 aliphatic rings. The van der Waals surface area contributed by atoms with E-state index in [0.717, 1.165) is 25.8 Å². The Kier molecular flexibility index (Phi) is 5.97. The molecule has 1 saturated carbocycles. The number of rotatable bonds is 5. The molecule has 0 spiro atoms. The van der Waals surface area contributed by atoms with Crippen LogP contribution in [0.3, 0.4) is 0 Å². The first-order valence-electron chi connectivity index (χ1n) is 9.21. The monoisotopic (exact) mass is 369 g/mol. The maximum atomic E-state index is 13.3. The molecule has 144 valence electrons. The summed E-state index contributed by atoms with van der Waals surface area (Å²) in [6.07, 6.45) is 3.20. The minimum Gasteiger partial charge on any atom is -0.383 e. The second-order valence-electron chi connectivity index (χ2n) is 7.46. The Morgan fingerprint density at radius 1 is 1.19 bits per heavy atom. The van der Waals surface area contributed by atoms with E-state index < -0.39 is 11.7 Å². The Bertz CT molecular complexity index is 647. The average molecular weight is 369 g/mol. The third-order valence-electron chi connectivity index (χ3n) is 5.50. The van der Waals surface area contributed by atoms with E-state index >= 15 is 0 Å². The van der Waals surface area contributed by atoms with Gasteiger partial charge in [-0.1, -0.05) is 13.0 Å². The Morgan fingerprint density at radius 3 is 2.69 bits per heavy atom. The summed E-state index contributed by atoms with van der Waals surface area (Å²) in [6, 6.07) is 0.368. The number of nitrogens with one attached hydrogen (secondary N) is 1. The van der Waals surface area contributed by atoms with Crippen molar-refractivity contribution >= 4 is 5.57 Å². The number of ether oxygens (including phenoxy) is 1. The molecule has 0 aliphatic heterocycles. The molecule has 0 aromatic carbocycles. The zero-order valence-electron chi connectivity index (χ0n) is 15.2. The van der Waals surface area contributed by atoms with Gasteiger partial charge in [0.1, 0.15) is 0 Å². The maximum absolute atomic E-state index is 13.3. The second-order valence-corrected chi connectivity index (χ2v) is 7.46. The lowest BCUT2D eigenvalue weighted by Crippen LogP contribution is -2.40. The van der Waals surface area contributed by atoms with Gasteiger partial charge in [0.2, 0.25) is 0 Å². The second kappa shape index (κ2) is 8.05. The lowest BCUT2D eigenvalue weighted by Gasteiger charge is -2.39. The molecule has 0 saturated heterocycles. The van der Waals surface area contributed by atoms with Crippen LogP contribution in [0.15, 0.2) is 18.5 Å². The summed E-state index contributed by atoms with van der Waals surface area (Å²) in [5.41, 5.74) is -0.120. The summed E-state index contributed by atoms with van der Waals surface area (Å²) < 4.78 is 45.1. The molecule has 26 heavy (non-hydrogen) atoms. The van der Waals surface area contributed by atoms with Crippen molar-refractivity contribution in [3.05, 3.63) is 29.9 Å². The number of nitrogens with zero attached hydrogens (tertiary/aromatic N) is 2. The van der Waals surface area contributed by atoms with E-state index in [1.54, 1.807) is 7.11 Å². The van der Waals surface area contributed by atoms with Crippen LogP contribution < -0.4 is 5.32 Å². The first-order chi connectivity index (χ1) is 12.4. The number of methoxy groups -OCH3 is 1. The highest BCUT2D eigenvalue weighted by atomic mass is 19.4. The standard InChI is InChI=1S/C19H26F3N3O/c1-12-9-13(11-14(10-12)23-7-8-26-2)15-3-4-16(19(20,21)22)18-17(15)24-5-6-25-18/h4-6,12-15,23H,3,7-11H2,1-2H3/t12-,13-,14-,15?/m0/s1. The molecule has 2 aliphatic carbocycles. The van der Waals surface area contributed by atoms with Gasteiger partial charge in [-0.25, -0.2) is 0 Å². The predicted octanol–water partition coefficient (Wildman–Crippen LogP) is 3.95. The summed E-state index contributed by atoms with van der Waals surface area (Å²) in [5, 5.41) is 3.52. The van der Waals surface area contributed by atoms with E-state index in [-0.39, 0.29) is 11.6 Å². The number of aromatic nitrogens is 2. The van der Waals surface area contributed by atoms with Crippen LogP contribution in [-0.4, -0.2) is 42.4 Å². The third-order valence-corrected chi connectivity index (χ3v) is 5.50. The molecule has 4 atom stereocenters. The number of allylic oxidation sites excluding steroid dienone is 2. The van der Waals surface area contributed by atoms with Gasteiger partial charge in [-0.3, -0.25) is 9.97 Å². The first-order valence-corrected chi connectivity index (χ1v) is 9.21. The number of fused-ring (bicyclic) bond motifs is 1. The van der Waals surface area contributed by atoms with Gasteiger partial charge in [0.15, 0.2) is 0 Å². The Labute approximate surface area is 152 Å². The van der Waals surface area contributed by atoms with E-state index in [4.69, 9.17) is 4.74 Å². The van der Waals surface area contributed by atoms with E-state index in [2.05, 4.69) is 22.2 Å². The summed E-state index contributed by atoms with van der Waals surface area (Å²) in [7, 11) is 1.68. The van der Waals surface area contributed by atoms with Crippen LogP contribution in [0.2, 0.25) is 0 Å². The summed E-state index contributed by atoms with van der Waals surface area (Å²) in [4.78, 5) is 8.35. The van der Waals surface area contributed by atoms with Crippen LogP contribution in [0, 0.1) is 11.8 Å². The topological polar surface area (TPSA) is 47.0 Å². The van der Waals surface area contributed by atoms with Gasteiger partial charge in [-0.05, 0) is 37.5 Å². The van der Waals surface area contributed by atoms with E-state index in [9.17, 15) is 13.2 Å². The molecule has 3 rings (SSSR count). The molecule has 1 unspecified atom stereocenters. The highest BCUT2D eigenvalue weighted by Gasteiger charge is 2.42. The van der Waals surface area contributed by atoms with Gasteiger partial charge in [-0.2, -0.15) is 13.2 Å². The largest absolute Gasteiger partial charge is 0.418 e. The van der Waals surface area contributed by atoms with Gasteiger partial charge in [-0.15, -0.1) is 0 Å². The lowest BCUT2D eigenvalue weighted by atomic mass is 9.69. The molecule has 4 nitrogen and oxygen atoms in total. The van der Waals surface area contributed by atoms with E-state index in [1.807, 2.05) is 0 Å². The molecule has 0 radical (unpaired) electrons. The summed E-state index contributed by atoms with van der Waals surface area (Å²) in [6.45, 7) is 3.67. The van der Waals surface area contributed by atoms with Crippen LogP contribution in [-0.2, 0) is 4.74 Å². The fourth-order valence-electron chi connectivity index (χ4n) is 4.46. The summed E-state index contributed by atoms with van der Waals surface area (Å²) >= 11 is 0. The summed E-state index contributed by atoms with van der Waals surface area (Å²) in [5.74, 6) is 0.835. The van der Waals surface area contributed by atoms with Gasteiger partial charge in [0, 0.05) is 38.0 Å². The number of hydrogen-bond acceptors (Lipinski definition) is 4. The third kappa shape index (κ3) is 4.26. The molecule has 1 fully saturated rings. The Balaban J connectivity index is 1.80. The van der Waals surface area contributed by atoms with Gasteiger partial charge >= 0.3 is 6.18 Å². The number of hydrogen-bond donors (Lipinski definition) is 1. The normalized spacial score (nSPS) is 29.2. The van der Waals surface area contributed by atoms with E-state index in [1.165, 1.54) is 18.5 Å². The van der Waals surface area contributed by atoms with Crippen molar-refractivity contribution in [1.82, 2.24) is 15.3 Å². The predicted molar refractivity (Wildman–Crippen MR) is 93.6 cm³/mol. The highest BCUT2D eigenvalue weighted by molar-refractivity contribution is 5.70. The molecule has 1 heterocycles. The SMILES string of the molecule is COCCN[C@H]1C[C@@H](C)C[C@H](C2CC=C(C(F)(F)F)c3nccnc32)C1. The smallest absolute Gasteiger partial charge is 0.383 e. The van der Waals surface area contributed by atoms with Crippen molar-refractivity contribution in [2.75, 3.05) is 20.3 Å². The molecule has 1 aromatic heterocycles. The molecule has 1 aromatic rings. The van der Waals surface area contributed by atoms with Gasteiger partial charge < -0.3 is 10.1 Å². The fourth-order valence-corrected chi connectivity index (χ4v) is 4.46.